The average Bonchev–Trinajstić information content (AvgIpc) is 2.96. The van der Waals surface area contributed by atoms with Gasteiger partial charge in [-0.3, -0.25) is 15.0 Å². The van der Waals surface area contributed by atoms with E-state index in [-0.39, 0.29) is 10.7 Å². The number of hydrogen-bond donors (Lipinski definition) is 7. The monoisotopic (exact) mass is 411 g/mol. The highest BCUT2D eigenvalue weighted by Gasteiger charge is 2.78. The van der Waals surface area contributed by atoms with E-state index in [0.717, 1.165) is 4.90 Å². The van der Waals surface area contributed by atoms with Crippen LogP contribution < -0.4 is 22.5 Å². The van der Waals surface area contributed by atoms with E-state index in [1.54, 1.807) is 0 Å². The lowest BCUT2D eigenvalue weighted by molar-refractivity contribution is -0.529. The SMILES string of the molecule is NC(=O)OC[C@H]1C2N=C(N)NC23N(C[C@H](OS(=O)(=O)O)C3(O)O)C(N)=[N+]1[O-]. The van der Waals surface area contributed by atoms with Crippen molar-refractivity contribution in [2.75, 3.05) is 13.2 Å². The molecule has 0 aromatic heterocycles. The number of carbonyl (C=O) groups excluding carboxylic acids is 1. The van der Waals surface area contributed by atoms with Gasteiger partial charge in [-0.2, -0.15) is 8.42 Å². The molecule has 4 atom stereocenters. The highest BCUT2D eigenvalue weighted by molar-refractivity contribution is 7.80. The lowest BCUT2D eigenvalue weighted by atomic mass is 9.86. The van der Waals surface area contributed by atoms with Crippen LogP contribution >= 0.6 is 0 Å². The summed E-state index contributed by atoms with van der Waals surface area (Å²) in [5.41, 5.74) is 14.1. The molecule has 1 amide bonds. The molecule has 1 saturated heterocycles. The number of nitrogens with one attached hydrogen (secondary N) is 1. The van der Waals surface area contributed by atoms with Crippen LogP contribution in [-0.4, -0.2) is 93.6 Å². The van der Waals surface area contributed by atoms with Gasteiger partial charge < -0.3 is 36.9 Å². The normalized spacial score (nSPS) is 34.6. The van der Waals surface area contributed by atoms with Crippen LogP contribution in [-0.2, 0) is 19.3 Å². The van der Waals surface area contributed by atoms with E-state index in [1.165, 1.54) is 0 Å². The fraction of sp³-hybridized carbons (Fsp3) is 0.700. The fourth-order valence-electron chi connectivity index (χ4n) is 3.59. The minimum absolute atomic E-state index is 0.182. The van der Waals surface area contributed by atoms with Gasteiger partial charge in [-0.25, -0.2) is 18.9 Å². The van der Waals surface area contributed by atoms with Gasteiger partial charge in [0.15, 0.2) is 18.1 Å². The number of hydroxylamine groups is 1. The van der Waals surface area contributed by atoms with Crippen molar-refractivity contribution in [2.45, 2.75) is 29.6 Å². The second-order valence-electron chi connectivity index (χ2n) is 6.08. The Labute approximate surface area is 151 Å². The van der Waals surface area contributed by atoms with Gasteiger partial charge in [-0.05, 0) is 0 Å². The van der Waals surface area contributed by atoms with Gasteiger partial charge in [0, 0.05) is 0 Å². The highest BCUT2D eigenvalue weighted by Crippen LogP contribution is 2.45. The minimum Gasteiger partial charge on any atom is -0.744 e. The summed E-state index contributed by atoms with van der Waals surface area (Å²) in [6.07, 6.45) is -3.19. The Kier molecular flexibility index (Phi) is 4.04. The Hall–Kier alpha value is -2.60. The number of rotatable bonds is 4. The standard InChI is InChI=1S/C10H17N7O9S/c11-6-14-5-3(2-25-8(13)18)17(21)7(12)16-1-4(26-27(22,23)24)10(19,20)9(5,16)15-6/h3-5,19-20H,1-2,12H2,(H2,13,18)(H3,11,14,15)(H,22,23,24)/t3-,4-,5?,9?/m0/s1. The van der Waals surface area contributed by atoms with Crippen LogP contribution in [0.4, 0.5) is 4.79 Å². The van der Waals surface area contributed by atoms with Crippen LogP contribution in [0.2, 0.25) is 0 Å². The molecule has 3 rings (SSSR count). The molecule has 0 aliphatic carbocycles. The first kappa shape index (κ1) is 19.2. The van der Waals surface area contributed by atoms with Crippen LogP contribution in [0.25, 0.3) is 0 Å². The van der Waals surface area contributed by atoms with E-state index in [0.29, 0.717) is 0 Å². The lowest BCUT2D eigenvalue weighted by Gasteiger charge is -2.47. The van der Waals surface area contributed by atoms with Crippen molar-refractivity contribution in [3.05, 3.63) is 5.21 Å². The second kappa shape index (κ2) is 5.70. The van der Waals surface area contributed by atoms with Crippen molar-refractivity contribution in [1.82, 2.24) is 10.2 Å². The maximum atomic E-state index is 12.5. The Morgan fingerprint density at radius 3 is 2.67 bits per heavy atom. The topological polar surface area (TPSA) is 262 Å². The van der Waals surface area contributed by atoms with Crippen LogP contribution in [0.15, 0.2) is 4.99 Å². The number of aliphatic hydroxyl groups is 2. The Bertz CT molecular complexity index is 842. The van der Waals surface area contributed by atoms with Crippen molar-refractivity contribution in [3.63, 3.8) is 0 Å². The molecule has 3 aliphatic heterocycles. The van der Waals surface area contributed by atoms with Crippen LogP contribution in [0.1, 0.15) is 0 Å². The predicted octanol–water partition coefficient (Wildman–Crippen LogP) is -5.54. The summed E-state index contributed by atoms with van der Waals surface area (Å²) in [6, 6.07) is -2.81. The number of nitrogens with zero attached hydrogens (tertiary/aromatic N) is 3. The molecule has 3 aliphatic rings. The molecule has 17 heteroatoms. The van der Waals surface area contributed by atoms with E-state index in [9.17, 15) is 28.6 Å². The van der Waals surface area contributed by atoms with Gasteiger partial charge in [0.1, 0.15) is 19.2 Å². The molecule has 3 heterocycles. The van der Waals surface area contributed by atoms with E-state index in [4.69, 9.17) is 21.8 Å². The average molecular weight is 411 g/mol. The van der Waals surface area contributed by atoms with Crippen LogP contribution in [0.5, 0.6) is 0 Å². The fourth-order valence-corrected chi connectivity index (χ4v) is 4.08. The smallest absolute Gasteiger partial charge is 0.404 e. The molecule has 27 heavy (non-hydrogen) atoms. The number of amides is 1. The van der Waals surface area contributed by atoms with Gasteiger partial charge in [-0.1, -0.05) is 0 Å². The third-order valence-electron chi connectivity index (χ3n) is 4.61. The maximum absolute atomic E-state index is 12.5. The van der Waals surface area contributed by atoms with Gasteiger partial charge in [0.05, 0.1) is 0 Å². The van der Waals surface area contributed by atoms with Crippen LogP contribution in [0, 0.1) is 5.21 Å². The van der Waals surface area contributed by atoms with Crippen LogP contribution in [0.3, 0.4) is 0 Å². The number of nitrogens with two attached hydrogens (primary N) is 3. The molecule has 1 fully saturated rings. The molecule has 0 bridgehead atoms. The molecule has 0 aromatic carbocycles. The van der Waals surface area contributed by atoms with Gasteiger partial charge in [0.2, 0.25) is 5.66 Å². The maximum Gasteiger partial charge on any atom is 0.404 e. The van der Waals surface area contributed by atoms with Crippen molar-refractivity contribution in [1.29, 1.82) is 0 Å². The van der Waals surface area contributed by atoms with Crippen molar-refractivity contribution in [2.24, 2.45) is 22.2 Å². The third-order valence-corrected chi connectivity index (χ3v) is 5.09. The number of hydrogen-bond acceptors (Lipinski definition) is 13. The molecule has 152 valence electrons. The molecule has 0 radical (unpaired) electrons. The van der Waals surface area contributed by atoms with Crippen molar-refractivity contribution >= 4 is 28.4 Å². The zero-order valence-corrected chi connectivity index (χ0v) is 14.2. The number of aliphatic imine (C=N–C) groups is 1. The summed E-state index contributed by atoms with van der Waals surface area (Å²) in [7, 11) is -5.10. The molecular weight excluding hydrogens is 394 g/mol. The molecule has 0 aromatic rings. The van der Waals surface area contributed by atoms with Crippen molar-refractivity contribution < 1.29 is 41.6 Å². The Balaban J connectivity index is 2.10. The molecule has 16 nitrogen and oxygen atoms in total. The highest BCUT2D eigenvalue weighted by atomic mass is 32.3. The van der Waals surface area contributed by atoms with E-state index < -0.39 is 65.2 Å². The predicted molar refractivity (Wildman–Crippen MR) is 83.7 cm³/mol. The van der Waals surface area contributed by atoms with Gasteiger partial charge in [-0.15, -0.1) is 0 Å². The molecular formula is C10H17N7O9S. The summed E-state index contributed by atoms with van der Waals surface area (Å²) < 4.78 is 40.1. The number of ether oxygens (including phenoxy) is 1. The Morgan fingerprint density at radius 1 is 1.48 bits per heavy atom. The van der Waals surface area contributed by atoms with E-state index >= 15 is 0 Å². The lowest BCUT2D eigenvalue weighted by Crippen LogP contribution is -2.79. The number of guanidine groups is 2. The molecule has 1 spiro atoms. The molecule has 0 saturated carbocycles. The molecule has 10 N–H and O–H groups in total. The van der Waals surface area contributed by atoms with Crippen molar-refractivity contribution in [3.8, 4) is 0 Å². The summed E-state index contributed by atoms with van der Waals surface area (Å²) in [5, 5.41) is 36.3. The summed E-state index contributed by atoms with van der Waals surface area (Å²) in [6.45, 7) is -1.29. The molecule has 2 unspecified atom stereocenters. The first-order valence-corrected chi connectivity index (χ1v) is 8.68. The number of carbonyl (C=O) groups is 1. The quantitative estimate of drug-likeness (QED) is 0.0985. The second-order valence-corrected chi connectivity index (χ2v) is 7.13. The summed E-state index contributed by atoms with van der Waals surface area (Å²) >= 11 is 0. The first-order valence-electron chi connectivity index (χ1n) is 7.32. The Morgan fingerprint density at radius 2 is 2.11 bits per heavy atom. The third kappa shape index (κ3) is 2.67. The van der Waals surface area contributed by atoms with Gasteiger partial charge >= 0.3 is 22.5 Å². The minimum atomic E-state index is -5.10. The zero-order valence-electron chi connectivity index (χ0n) is 13.4. The van der Waals surface area contributed by atoms with Gasteiger partial charge in [0.25, 0.3) is 5.79 Å². The summed E-state index contributed by atoms with van der Waals surface area (Å²) in [5.74, 6) is -4.01. The number of primary amides is 1. The van der Waals surface area contributed by atoms with E-state index in [2.05, 4.69) is 19.2 Å². The first-order chi connectivity index (χ1) is 12.3. The summed E-state index contributed by atoms with van der Waals surface area (Å²) in [4.78, 5) is 15.7. The zero-order chi connectivity index (χ0) is 20.4. The van der Waals surface area contributed by atoms with E-state index in [1.807, 2.05) is 0 Å². The largest absolute Gasteiger partial charge is 0.744 e.